The lowest BCUT2D eigenvalue weighted by Gasteiger charge is -2.08. The van der Waals surface area contributed by atoms with Crippen LogP contribution in [0.15, 0.2) is 28.9 Å². The van der Waals surface area contributed by atoms with E-state index in [1.165, 1.54) is 24.5 Å². The van der Waals surface area contributed by atoms with Crippen LogP contribution in [0.1, 0.15) is 16.1 Å². The van der Waals surface area contributed by atoms with E-state index in [-0.39, 0.29) is 17.4 Å². The van der Waals surface area contributed by atoms with Crippen LogP contribution >= 0.6 is 34.8 Å². The molecule has 0 aliphatic heterocycles. The molecule has 0 saturated carbocycles. The van der Waals surface area contributed by atoms with Gasteiger partial charge in [-0.1, -0.05) is 34.8 Å². The molecule has 1 aromatic heterocycles. The van der Waals surface area contributed by atoms with Crippen molar-refractivity contribution in [3.05, 3.63) is 50.9 Å². The molecule has 19 heavy (non-hydrogen) atoms. The zero-order chi connectivity index (χ0) is 14.0. The monoisotopic (exact) mass is 320 g/mol. The van der Waals surface area contributed by atoms with Gasteiger partial charge < -0.3 is 14.3 Å². The van der Waals surface area contributed by atoms with Crippen LogP contribution in [0.2, 0.25) is 15.1 Å². The molecule has 0 aliphatic rings. The van der Waals surface area contributed by atoms with Crippen molar-refractivity contribution < 1.29 is 19.1 Å². The highest BCUT2D eigenvalue weighted by Crippen LogP contribution is 2.34. The number of ether oxygens (including phenoxy) is 1. The normalized spacial score (nSPS) is 10.5. The van der Waals surface area contributed by atoms with Gasteiger partial charge in [-0.25, -0.2) is 4.79 Å². The van der Waals surface area contributed by atoms with Gasteiger partial charge in [0.1, 0.15) is 12.4 Å². The van der Waals surface area contributed by atoms with E-state index in [1.54, 1.807) is 0 Å². The van der Waals surface area contributed by atoms with Gasteiger partial charge in [-0.3, -0.25) is 0 Å². The molecular formula is C12H7Cl3O4. The van der Waals surface area contributed by atoms with Crippen molar-refractivity contribution in [3.63, 3.8) is 0 Å². The Morgan fingerprint density at radius 2 is 1.89 bits per heavy atom. The Balaban J connectivity index is 2.17. The molecule has 0 radical (unpaired) electrons. The second-order valence-electron chi connectivity index (χ2n) is 3.57. The van der Waals surface area contributed by atoms with Gasteiger partial charge in [0.15, 0.2) is 0 Å². The lowest BCUT2D eigenvalue weighted by molar-refractivity contribution is 0.0658. The average Bonchev–Trinajstić information content (AvgIpc) is 2.80. The van der Waals surface area contributed by atoms with Crippen LogP contribution in [0.3, 0.4) is 0 Å². The number of benzene rings is 1. The van der Waals surface area contributed by atoms with E-state index in [0.29, 0.717) is 21.4 Å². The summed E-state index contributed by atoms with van der Waals surface area (Å²) in [7, 11) is 0. The molecule has 0 fully saturated rings. The first-order chi connectivity index (χ1) is 8.99. The molecular weight excluding hydrogens is 314 g/mol. The number of hydrogen-bond acceptors (Lipinski definition) is 3. The zero-order valence-electron chi connectivity index (χ0n) is 9.32. The number of carboxylic acids is 1. The van der Waals surface area contributed by atoms with Crippen molar-refractivity contribution in [3.8, 4) is 5.75 Å². The third-order valence-corrected chi connectivity index (χ3v) is 3.32. The summed E-state index contributed by atoms with van der Waals surface area (Å²) in [5.41, 5.74) is 0.398. The van der Waals surface area contributed by atoms with Crippen molar-refractivity contribution >= 4 is 40.8 Å². The van der Waals surface area contributed by atoms with Gasteiger partial charge in [0.2, 0.25) is 5.76 Å². The van der Waals surface area contributed by atoms with E-state index in [2.05, 4.69) is 0 Å². The minimum Gasteiger partial charge on any atom is -0.487 e. The van der Waals surface area contributed by atoms with Crippen LogP contribution in [0.4, 0.5) is 0 Å². The molecule has 0 atom stereocenters. The van der Waals surface area contributed by atoms with Gasteiger partial charge in [-0.05, 0) is 12.1 Å². The third kappa shape index (κ3) is 3.15. The minimum atomic E-state index is -1.16. The standard InChI is InChI=1S/C12H7Cl3O4/c13-7-3-9(15)10(4-8(7)14)19-5-6-1-2-18-11(6)12(16)17/h1-4H,5H2,(H,16,17). The SMILES string of the molecule is O=C(O)c1occc1COc1cc(Cl)c(Cl)cc1Cl. The summed E-state index contributed by atoms with van der Waals surface area (Å²) in [6.07, 6.45) is 1.28. The van der Waals surface area contributed by atoms with Gasteiger partial charge in [0.05, 0.1) is 21.3 Å². The minimum absolute atomic E-state index is 0.00415. The lowest BCUT2D eigenvalue weighted by atomic mass is 10.2. The van der Waals surface area contributed by atoms with E-state index in [0.717, 1.165) is 0 Å². The van der Waals surface area contributed by atoms with E-state index in [9.17, 15) is 4.79 Å². The number of hydrogen-bond donors (Lipinski definition) is 1. The van der Waals surface area contributed by atoms with E-state index < -0.39 is 5.97 Å². The number of carbonyl (C=O) groups is 1. The Morgan fingerprint density at radius 1 is 1.21 bits per heavy atom. The van der Waals surface area contributed by atoms with E-state index in [1.807, 2.05) is 0 Å². The molecule has 1 N–H and O–H groups in total. The van der Waals surface area contributed by atoms with E-state index >= 15 is 0 Å². The van der Waals surface area contributed by atoms with Crippen molar-refractivity contribution in [2.75, 3.05) is 0 Å². The van der Waals surface area contributed by atoms with Gasteiger partial charge >= 0.3 is 5.97 Å². The summed E-state index contributed by atoms with van der Waals surface area (Å²) in [5.74, 6) is -1.02. The number of carboxylic acid groups (broad SMARTS) is 1. The van der Waals surface area contributed by atoms with Gasteiger partial charge in [0.25, 0.3) is 0 Å². The predicted octanol–water partition coefficient (Wildman–Crippen LogP) is 4.52. The fourth-order valence-corrected chi connectivity index (χ4v) is 2.00. The van der Waals surface area contributed by atoms with Crippen molar-refractivity contribution in [2.45, 2.75) is 6.61 Å². The van der Waals surface area contributed by atoms with Crippen molar-refractivity contribution in [1.29, 1.82) is 0 Å². The fourth-order valence-electron chi connectivity index (χ4n) is 1.41. The van der Waals surface area contributed by atoms with Gasteiger partial charge in [-0.15, -0.1) is 0 Å². The Hall–Kier alpha value is -1.36. The van der Waals surface area contributed by atoms with Crippen LogP contribution in [0, 0.1) is 0 Å². The highest BCUT2D eigenvalue weighted by molar-refractivity contribution is 6.43. The van der Waals surface area contributed by atoms with Crippen LogP contribution in [0.5, 0.6) is 5.75 Å². The first kappa shape index (κ1) is 14.1. The summed E-state index contributed by atoms with van der Waals surface area (Å²) in [6.45, 7) is -0.00415. The maximum atomic E-state index is 10.8. The quantitative estimate of drug-likeness (QED) is 0.841. The highest BCUT2D eigenvalue weighted by Gasteiger charge is 2.15. The first-order valence-electron chi connectivity index (χ1n) is 5.06. The average molecular weight is 322 g/mol. The second kappa shape index (κ2) is 5.74. The Kier molecular flexibility index (Phi) is 4.24. The molecule has 0 saturated heterocycles. The number of rotatable bonds is 4. The molecule has 2 aromatic rings. The number of halogens is 3. The molecule has 7 heteroatoms. The molecule has 0 amide bonds. The van der Waals surface area contributed by atoms with Crippen LogP contribution in [-0.4, -0.2) is 11.1 Å². The maximum absolute atomic E-state index is 10.8. The van der Waals surface area contributed by atoms with Crippen molar-refractivity contribution in [2.24, 2.45) is 0 Å². The summed E-state index contributed by atoms with van der Waals surface area (Å²) >= 11 is 17.6. The molecule has 0 spiro atoms. The lowest BCUT2D eigenvalue weighted by Crippen LogP contribution is -2.02. The second-order valence-corrected chi connectivity index (χ2v) is 4.79. The summed E-state index contributed by atoms with van der Waals surface area (Å²) in [5, 5.41) is 9.77. The number of furan rings is 1. The summed E-state index contributed by atoms with van der Waals surface area (Å²) < 4.78 is 10.2. The zero-order valence-corrected chi connectivity index (χ0v) is 11.6. The third-order valence-electron chi connectivity index (χ3n) is 2.30. The van der Waals surface area contributed by atoms with Gasteiger partial charge in [-0.2, -0.15) is 0 Å². The molecule has 100 valence electrons. The summed E-state index contributed by atoms with van der Waals surface area (Å²) in [6, 6.07) is 4.43. The molecule has 4 nitrogen and oxygen atoms in total. The van der Waals surface area contributed by atoms with Crippen LogP contribution in [0.25, 0.3) is 0 Å². The van der Waals surface area contributed by atoms with Gasteiger partial charge in [0, 0.05) is 11.6 Å². The Labute approximate surface area is 123 Å². The molecule has 1 heterocycles. The molecule has 0 aliphatic carbocycles. The maximum Gasteiger partial charge on any atom is 0.372 e. The largest absolute Gasteiger partial charge is 0.487 e. The fraction of sp³-hybridized carbons (Fsp3) is 0.0833. The Morgan fingerprint density at radius 3 is 2.58 bits per heavy atom. The molecule has 0 unspecified atom stereocenters. The molecule has 2 rings (SSSR count). The topological polar surface area (TPSA) is 59.7 Å². The van der Waals surface area contributed by atoms with E-state index in [4.69, 9.17) is 49.1 Å². The first-order valence-corrected chi connectivity index (χ1v) is 6.19. The highest BCUT2D eigenvalue weighted by atomic mass is 35.5. The number of aromatic carboxylic acids is 1. The predicted molar refractivity (Wildman–Crippen MR) is 71.5 cm³/mol. The van der Waals surface area contributed by atoms with Crippen LogP contribution < -0.4 is 4.74 Å². The molecule has 1 aromatic carbocycles. The summed E-state index contributed by atoms with van der Waals surface area (Å²) in [4.78, 5) is 10.8. The smallest absolute Gasteiger partial charge is 0.372 e. The Bertz CT molecular complexity index is 621. The molecule has 0 bridgehead atoms. The van der Waals surface area contributed by atoms with Crippen LogP contribution in [-0.2, 0) is 6.61 Å². The van der Waals surface area contributed by atoms with Crippen molar-refractivity contribution in [1.82, 2.24) is 0 Å².